The average Bonchev–Trinajstić information content (AvgIpc) is 3.86. The molecule has 3 aromatic rings. The number of amides is 3. The Morgan fingerprint density at radius 1 is 1.04 bits per heavy atom. The van der Waals surface area contributed by atoms with E-state index in [2.05, 4.69) is 20.3 Å². The van der Waals surface area contributed by atoms with Gasteiger partial charge in [-0.3, -0.25) is 14.4 Å². The lowest BCUT2D eigenvalue weighted by molar-refractivity contribution is -0.134. The van der Waals surface area contributed by atoms with Gasteiger partial charge in [0, 0.05) is 29.8 Å². The van der Waals surface area contributed by atoms with Crippen LogP contribution in [0.4, 0.5) is 6.01 Å². The van der Waals surface area contributed by atoms with Crippen LogP contribution in [0.15, 0.2) is 70.0 Å². The molecule has 4 fully saturated rings. The van der Waals surface area contributed by atoms with Crippen LogP contribution in [0.3, 0.4) is 0 Å². The summed E-state index contributed by atoms with van der Waals surface area (Å²) in [6, 6.07) is 13.2. The van der Waals surface area contributed by atoms with Gasteiger partial charge in [0.15, 0.2) is 5.58 Å². The number of sulfonamides is 1. The topological polar surface area (TPSA) is 169 Å². The molecule has 2 spiro atoms. The number of aromatic nitrogens is 1. The van der Waals surface area contributed by atoms with Crippen LogP contribution in [-0.4, -0.2) is 80.5 Å². The van der Waals surface area contributed by atoms with E-state index in [-0.39, 0.29) is 58.7 Å². The van der Waals surface area contributed by atoms with Gasteiger partial charge in [-0.25, -0.2) is 13.1 Å². The van der Waals surface area contributed by atoms with Gasteiger partial charge >= 0.3 is 0 Å². The van der Waals surface area contributed by atoms with Gasteiger partial charge in [0.05, 0.1) is 25.7 Å². The number of rotatable bonds is 6. The molecule has 4 heterocycles. The summed E-state index contributed by atoms with van der Waals surface area (Å²) in [4.78, 5) is 49.1. The molecule has 5 atom stereocenters. The fraction of sp³-hybridized carbons (Fsp3) is 0.538. The first kappa shape index (κ1) is 35.6. The number of hydrogen-bond donors (Lipinski definition) is 3. The number of anilines is 1. The number of carbonyl (C=O) groups is 3. The fourth-order valence-corrected chi connectivity index (χ4v) is 9.90. The van der Waals surface area contributed by atoms with E-state index in [0.29, 0.717) is 37.5 Å². The maximum Gasteiger partial charge on any atom is 0.296 e. The van der Waals surface area contributed by atoms with E-state index in [4.69, 9.17) is 13.9 Å². The molecule has 5 aliphatic rings. The van der Waals surface area contributed by atoms with E-state index in [1.165, 1.54) is 6.07 Å². The lowest BCUT2D eigenvalue weighted by Crippen LogP contribution is -2.54. The number of fused-ring (bicyclic) bond motifs is 4. The first-order valence-electron chi connectivity index (χ1n) is 18.7. The van der Waals surface area contributed by atoms with Crippen molar-refractivity contribution in [2.75, 3.05) is 38.2 Å². The van der Waals surface area contributed by atoms with Gasteiger partial charge in [-0.05, 0) is 62.3 Å². The molecular formula is C39H47N5O8S. The summed E-state index contributed by atoms with van der Waals surface area (Å²) >= 11 is 0. The summed E-state index contributed by atoms with van der Waals surface area (Å²) in [5.41, 5.74) is -0.909. The molecule has 2 aromatic carbocycles. The Morgan fingerprint density at radius 2 is 1.81 bits per heavy atom. The van der Waals surface area contributed by atoms with Gasteiger partial charge in [0.2, 0.25) is 11.8 Å². The zero-order valence-corrected chi connectivity index (χ0v) is 31.0. The van der Waals surface area contributed by atoms with Crippen LogP contribution in [0.5, 0.6) is 5.75 Å². The molecule has 1 aromatic heterocycles. The predicted octanol–water partition coefficient (Wildman–Crippen LogP) is 4.41. The summed E-state index contributed by atoms with van der Waals surface area (Å²) in [6.45, 7) is 5.79. The van der Waals surface area contributed by atoms with E-state index in [9.17, 15) is 22.8 Å². The molecule has 0 bridgehead atoms. The normalized spacial score (nSPS) is 29.4. The van der Waals surface area contributed by atoms with Crippen molar-refractivity contribution in [2.45, 2.75) is 75.3 Å². The Bertz CT molecular complexity index is 2030. The number of ether oxygens (including phenoxy) is 2. The molecular weight excluding hydrogens is 699 g/mol. The van der Waals surface area contributed by atoms with Crippen LogP contribution in [0.2, 0.25) is 0 Å². The highest BCUT2D eigenvalue weighted by Crippen LogP contribution is 2.73. The van der Waals surface area contributed by atoms with Crippen molar-refractivity contribution in [2.24, 2.45) is 28.6 Å². The van der Waals surface area contributed by atoms with Crippen molar-refractivity contribution in [1.29, 1.82) is 0 Å². The van der Waals surface area contributed by atoms with Crippen molar-refractivity contribution < 1.29 is 36.7 Å². The largest absolute Gasteiger partial charge is 0.492 e. The number of hydrogen-bond acceptors (Lipinski definition) is 10. The van der Waals surface area contributed by atoms with Crippen LogP contribution in [0.25, 0.3) is 11.1 Å². The number of oxazole rings is 1. The quantitative estimate of drug-likeness (QED) is 0.308. The zero-order chi connectivity index (χ0) is 37.0. The summed E-state index contributed by atoms with van der Waals surface area (Å²) in [5.74, 6) is -2.28. The highest BCUT2D eigenvalue weighted by molar-refractivity contribution is 7.90. The minimum Gasteiger partial charge on any atom is -0.492 e. The maximum atomic E-state index is 14.6. The highest BCUT2D eigenvalue weighted by Gasteiger charge is 2.78. The molecule has 8 rings (SSSR count). The third-order valence-electron chi connectivity index (χ3n) is 12.0. The molecule has 53 heavy (non-hydrogen) atoms. The van der Waals surface area contributed by atoms with Crippen molar-refractivity contribution >= 4 is 44.9 Å². The molecule has 14 heteroatoms. The van der Waals surface area contributed by atoms with Gasteiger partial charge in [0.1, 0.15) is 27.7 Å². The number of nitrogens with one attached hydrogen (secondary N) is 3. The van der Waals surface area contributed by atoms with Gasteiger partial charge in [0.25, 0.3) is 21.9 Å². The minimum atomic E-state index is -4.34. The first-order valence-corrected chi connectivity index (χ1v) is 20.2. The summed E-state index contributed by atoms with van der Waals surface area (Å²) < 4.78 is 47.1. The Labute approximate surface area is 309 Å². The summed E-state index contributed by atoms with van der Waals surface area (Å²) in [5, 5.41) is 6.27. The van der Waals surface area contributed by atoms with Crippen LogP contribution in [0.1, 0.15) is 58.8 Å². The Hall–Kier alpha value is -4.43. The van der Waals surface area contributed by atoms with Crippen LogP contribution >= 0.6 is 0 Å². The lowest BCUT2D eigenvalue weighted by Gasteiger charge is -2.33. The summed E-state index contributed by atoms with van der Waals surface area (Å²) in [7, 11) is -4.34. The highest BCUT2D eigenvalue weighted by atomic mass is 32.2. The van der Waals surface area contributed by atoms with E-state index < -0.39 is 38.8 Å². The number of allylic oxidation sites excluding steroid dienone is 1. The molecule has 3 N–H and O–H groups in total. The van der Waals surface area contributed by atoms with Gasteiger partial charge < -0.3 is 29.4 Å². The van der Waals surface area contributed by atoms with Crippen molar-refractivity contribution in [3.63, 3.8) is 0 Å². The molecule has 2 aliphatic carbocycles. The number of carbonyl (C=O) groups excluding carboxylic acids is 3. The van der Waals surface area contributed by atoms with Gasteiger partial charge in [-0.1, -0.05) is 63.1 Å². The van der Waals surface area contributed by atoms with Crippen LogP contribution in [-0.2, 0) is 29.1 Å². The Morgan fingerprint density at radius 3 is 2.57 bits per heavy atom. The monoisotopic (exact) mass is 745 g/mol. The van der Waals surface area contributed by atoms with Crippen LogP contribution < -0.4 is 20.1 Å². The number of para-hydroxylation sites is 3. The molecule has 1 unspecified atom stereocenters. The van der Waals surface area contributed by atoms with E-state index in [1.807, 2.05) is 50.3 Å². The number of nitrogens with zero attached hydrogens (tertiary/aromatic N) is 2. The van der Waals surface area contributed by atoms with Gasteiger partial charge in [-0.2, -0.15) is 4.98 Å². The van der Waals surface area contributed by atoms with E-state index in [1.54, 1.807) is 23.1 Å². The molecule has 2 saturated heterocycles. The second kappa shape index (κ2) is 13.5. The molecule has 2 saturated carbocycles. The smallest absolute Gasteiger partial charge is 0.296 e. The molecule has 0 radical (unpaired) electrons. The fourth-order valence-electron chi connectivity index (χ4n) is 8.71. The SMILES string of the molecule is CC(C)C(Nc1nc2ccccc2o1)C(=O)N1C[C@H](C(=O)N[C@]23C[C@H]2C=CCCCCCCOc2ccccc2S(=O)(=O)NC3=O)[C@]2(C1)CC21COC1. The average molecular weight is 746 g/mol. The van der Waals surface area contributed by atoms with Crippen molar-refractivity contribution in [3.05, 3.63) is 60.7 Å². The standard InChI is InChI=1S/C39H47N5O8S/c1-25(2)32(41-36-40-28-14-8-9-15-29(28)52-36)34(46)44-20-27(38(22-44)21-37(38)23-50-24-37)33(45)42-39-19-26(39)13-7-5-3-4-6-12-18-51-30-16-10-11-17-31(30)53(48,49)43-35(39)47/h7-11,13-17,25-27,32H,3-6,12,18-24H2,1-2H3,(H,40,41)(H,42,45)(H,43,47)/t26-,27-,32?,38-,39-/m1/s1. The minimum absolute atomic E-state index is 0.126. The Kier molecular flexibility index (Phi) is 9.03. The van der Waals surface area contributed by atoms with Crippen LogP contribution in [0, 0.1) is 28.6 Å². The molecule has 282 valence electrons. The number of benzene rings is 2. The third-order valence-corrected chi connectivity index (χ3v) is 13.4. The zero-order valence-electron chi connectivity index (χ0n) is 30.1. The first-order chi connectivity index (χ1) is 25.5. The third kappa shape index (κ3) is 6.37. The van der Waals surface area contributed by atoms with E-state index >= 15 is 0 Å². The second-order valence-corrected chi connectivity index (χ2v) is 17.5. The van der Waals surface area contributed by atoms with Crippen molar-refractivity contribution in [1.82, 2.24) is 19.9 Å². The van der Waals surface area contributed by atoms with E-state index in [0.717, 1.165) is 38.5 Å². The maximum absolute atomic E-state index is 14.6. The molecule has 3 amide bonds. The predicted molar refractivity (Wildman–Crippen MR) is 195 cm³/mol. The van der Waals surface area contributed by atoms with Crippen molar-refractivity contribution in [3.8, 4) is 5.75 Å². The second-order valence-electron chi connectivity index (χ2n) is 15.9. The molecule has 3 aliphatic heterocycles. The molecule has 13 nitrogen and oxygen atoms in total. The van der Waals surface area contributed by atoms with Gasteiger partial charge in [-0.15, -0.1) is 0 Å². The number of likely N-dealkylation sites (tertiary alicyclic amines) is 1. The lowest BCUT2D eigenvalue weighted by atomic mass is 9.82. The summed E-state index contributed by atoms with van der Waals surface area (Å²) in [6.07, 6.45) is 9.44. The Balaban J connectivity index is 1.04.